The molecule has 1 aromatic rings. The van der Waals surface area contributed by atoms with Gasteiger partial charge in [0.25, 0.3) is 0 Å². The molecule has 0 atom stereocenters. The first kappa shape index (κ1) is 15.6. The summed E-state index contributed by atoms with van der Waals surface area (Å²) in [5.41, 5.74) is 6.29. The fraction of sp³-hybridized carbons (Fsp3) is 0.533. The monoisotopic (exact) mass is 266 g/mol. The number of carbonyl (C=O) groups excluding carboxylic acids is 1. The Morgan fingerprint density at radius 2 is 2.11 bits per heavy atom. The molecule has 0 fully saturated rings. The fourth-order valence-corrected chi connectivity index (χ4v) is 1.89. The van der Waals surface area contributed by atoms with Crippen LogP contribution < -0.4 is 5.73 Å². The lowest BCUT2D eigenvalue weighted by Crippen LogP contribution is -2.42. The van der Waals surface area contributed by atoms with Gasteiger partial charge in [-0.15, -0.1) is 0 Å². The average molecular weight is 266 g/mol. The number of hydrogen-bond acceptors (Lipinski definition) is 2. The number of nitrogens with zero attached hydrogens (tertiary/aromatic N) is 1. The third kappa shape index (κ3) is 4.99. The Morgan fingerprint density at radius 1 is 1.42 bits per heavy atom. The maximum absolute atomic E-state index is 13.1. The number of benzene rings is 1. The van der Waals surface area contributed by atoms with Crippen molar-refractivity contribution in [1.82, 2.24) is 4.90 Å². The lowest BCUT2D eigenvalue weighted by Gasteiger charge is -2.31. The number of hydrogen-bond donors (Lipinski definition) is 1. The van der Waals surface area contributed by atoms with E-state index in [9.17, 15) is 9.18 Å². The van der Waals surface area contributed by atoms with Crippen LogP contribution in [0.1, 0.15) is 26.3 Å². The third-order valence-electron chi connectivity index (χ3n) is 3.15. The van der Waals surface area contributed by atoms with Crippen LogP contribution in [0.2, 0.25) is 0 Å². The van der Waals surface area contributed by atoms with Crippen molar-refractivity contribution in [2.75, 3.05) is 19.6 Å². The normalized spacial score (nSPS) is 11.4. The van der Waals surface area contributed by atoms with Crippen LogP contribution in [0, 0.1) is 11.2 Å². The molecule has 0 radical (unpaired) electrons. The Hall–Kier alpha value is -1.42. The number of halogens is 1. The van der Waals surface area contributed by atoms with E-state index in [2.05, 4.69) is 0 Å². The minimum Gasteiger partial charge on any atom is -0.342 e. The highest BCUT2D eigenvalue weighted by atomic mass is 19.1. The molecule has 0 aliphatic heterocycles. The van der Waals surface area contributed by atoms with Crippen molar-refractivity contribution in [3.63, 3.8) is 0 Å². The molecular formula is C15H23FN2O. The van der Waals surface area contributed by atoms with Crippen molar-refractivity contribution in [2.24, 2.45) is 11.1 Å². The largest absolute Gasteiger partial charge is 0.342 e. The predicted molar refractivity (Wildman–Crippen MR) is 75.2 cm³/mol. The first-order chi connectivity index (χ1) is 8.88. The number of likely N-dealkylation sites (N-methyl/N-ethyl adjacent to an activating group) is 1. The van der Waals surface area contributed by atoms with E-state index in [-0.39, 0.29) is 23.6 Å². The van der Waals surface area contributed by atoms with Crippen LogP contribution in [0.25, 0.3) is 0 Å². The molecule has 0 aromatic heterocycles. The van der Waals surface area contributed by atoms with Gasteiger partial charge in [0.05, 0.1) is 6.42 Å². The Bertz CT molecular complexity index is 432. The molecular weight excluding hydrogens is 243 g/mol. The topological polar surface area (TPSA) is 46.3 Å². The summed E-state index contributed by atoms with van der Waals surface area (Å²) in [5, 5.41) is 0. The summed E-state index contributed by atoms with van der Waals surface area (Å²) in [6, 6.07) is 6.17. The van der Waals surface area contributed by atoms with Crippen molar-refractivity contribution >= 4 is 5.91 Å². The number of rotatable bonds is 6. The van der Waals surface area contributed by atoms with Gasteiger partial charge in [-0.2, -0.15) is 0 Å². The molecule has 0 spiro atoms. The van der Waals surface area contributed by atoms with Gasteiger partial charge in [0.15, 0.2) is 0 Å². The second-order valence-corrected chi connectivity index (χ2v) is 5.58. The fourth-order valence-electron chi connectivity index (χ4n) is 1.89. The van der Waals surface area contributed by atoms with E-state index >= 15 is 0 Å². The SMILES string of the molecule is CCN(CC(C)(C)CN)C(=O)Cc1cccc(F)c1. The van der Waals surface area contributed by atoms with Gasteiger partial charge in [0, 0.05) is 13.1 Å². The highest BCUT2D eigenvalue weighted by molar-refractivity contribution is 5.78. The smallest absolute Gasteiger partial charge is 0.227 e. The van der Waals surface area contributed by atoms with Gasteiger partial charge in [-0.25, -0.2) is 4.39 Å². The second kappa shape index (κ2) is 6.66. The van der Waals surface area contributed by atoms with Gasteiger partial charge in [0.2, 0.25) is 5.91 Å². The van der Waals surface area contributed by atoms with Gasteiger partial charge >= 0.3 is 0 Å². The van der Waals surface area contributed by atoms with Gasteiger partial charge in [-0.05, 0) is 36.6 Å². The highest BCUT2D eigenvalue weighted by Gasteiger charge is 2.22. The van der Waals surface area contributed by atoms with Crippen LogP contribution in [-0.2, 0) is 11.2 Å². The van der Waals surface area contributed by atoms with E-state index in [1.807, 2.05) is 20.8 Å². The quantitative estimate of drug-likeness (QED) is 0.858. The summed E-state index contributed by atoms with van der Waals surface area (Å²) >= 11 is 0. The molecule has 0 unspecified atom stereocenters. The molecule has 2 N–H and O–H groups in total. The summed E-state index contributed by atoms with van der Waals surface area (Å²) < 4.78 is 13.1. The zero-order chi connectivity index (χ0) is 14.5. The van der Waals surface area contributed by atoms with E-state index in [1.54, 1.807) is 17.0 Å². The summed E-state index contributed by atoms with van der Waals surface area (Å²) in [6.07, 6.45) is 0.228. The maximum Gasteiger partial charge on any atom is 0.227 e. The summed E-state index contributed by atoms with van der Waals surface area (Å²) in [5.74, 6) is -0.301. The van der Waals surface area contributed by atoms with Crippen LogP contribution in [-0.4, -0.2) is 30.4 Å². The Kier molecular flexibility index (Phi) is 5.48. The number of amides is 1. The van der Waals surface area contributed by atoms with Crippen molar-refractivity contribution in [2.45, 2.75) is 27.2 Å². The lowest BCUT2D eigenvalue weighted by atomic mass is 9.93. The van der Waals surface area contributed by atoms with Crippen molar-refractivity contribution in [3.8, 4) is 0 Å². The number of nitrogens with two attached hydrogens (primary N) is 1. The molecule has 1 aromatic carbocycles. The zero-order valence-corrected chi connectivity index (χ0v) is 11.9. The first-order valence-electron chi connectivity index (χ1n) is 6.60. The van der Waals surface area contributed by atoms with Crippen LogP contribution in [0.5, 0.6) is 0 Å². The molecule has 1 amide bonds. The van der Waals surface area contributed by atoms with Crippen molar-refractivity contribution < 1.29 is 9.18 Å². The molecule has 0 aliphatic rings. The minimum absolute atomic E-state index is 0.00891. The summed E-state index contributed by atoms with van der Waals surface area (Å²) in [4.78, 5) is 14.0. The molecule has 3 nitrogen and oxygen atoms in total. The van der Waals surface area contributed by atoms with E-state index in [0.717, 1.165) is 0 Å². The molecule has 1 rings (SSSR count). The van der Waals surface area contributed by atoms with E-state index < -0.39 is 0 Å². The summed E-state index contributed by atoms with van der Waals surface area (Å²) in [6.45, 7) is 7.79. The van der Waals surface area contributed by atoms with Crippen LogP contribution >= 0.6 is 0 Å². The standard InChI is InChI=1S/C15H23FN2O/c1-4-18(11-15(2,3)10-17)14(19)9-12-6-5-7-13(16)8-12/h5-8H,4,9-11,17H2,1-3H3. The molecule has 0 aliphatic carbocycles. The second-order valence-electron chi connectivity index (χ2n) is 5.58. The molecule has 0 saturated carbocycles. The van der Waals surface area contributed by atoms with Gasteiger partial charge < -0.3 is 10.6 Å². The third-order valence-corrected chi connectivity index (χ3v) is 3.15. The molecule has 0 saturated heterocycles. The van der Waals surface area contributed by atoms with Crippen LogP contribution in [0.15, 0.2) is 24.3 Å². The molecule has 0 heterocycles. The maximum atomic E-state index is 13.1. The van der Waals surface area contributed by atoms with E-state index in [1.165, 1.54) is 12.1 Å². The average Bonchev–Trinajstić information content (AvgIpc) is 2.36. The lowest BCUT2D eigenvalue weighted by molar-refractivity contribution is -0.131. The molecule has 19 heavy (non-hydrogen) atoms. The van der Waals surface area contributed by atoms with Gasteiger partial charge in [-0.3, -0.25) is 4.79 Å². The van der Waals surface area contributed by atoms with Gasteiger partial charge in [0.1, 0.15) is 5.82 Å². The Labute approximate surface area is 114 Å². The van der Waals surface area contributed by atoms with Crippen molar-refractivity contribution in [3.05, 3.63) is 35.6 Å². The summed E-state index contributed by atoms with van der Waals surface area (Å²) in [7, 11) is 0. The molecule has 106 valence electrons. The Morgan fingerprint density at radius 3 is 2.63 bits per heavy atom. The molecule has 0 bridgehead atoms. The van der Waals surface area contributed by atoms with Crippen LogP contribution in [0.3, 0.4) is 0 Å². The van der Waals surface area contributed by atoms with E-state index in [0.29, 0.717) is 25.2 Å². The first-order valence-corrected chi connectivity index (χ1v) is 6.60. The van der Waals surface area contributed by atoms with E-state index in [4.69, 9.17) is 5.73 Å². The predicted octanol–water partition coefficient (Wildman–Crippen LogP) is 2.20. The Balaban J connectivity index is 2.69. The van der Waals surface area contributed by atoms with Gasteiger partial charge in [-0.1, -0.05) is 26.0 Å². The highest BCUT2D eigenvalue weighted by Crippen LogP contribution is 2.16. The van der Waals surface area contributed by atoms with Crippen LogP contribution in [0.4, 0.5) is 4.39 Å². The number of carbonyl (C=O) groups is 1. The molecule has 4 heteroatoms. The minimum atomic E-state index is -0.310. The zero-order valence-electron chi connectivity index (χ0n) is 11.9. The van der Waals surface area contributed by atoms with Crippen molar-refractivity contribution in [1.29, 1.82) is 0 Å².